The highest BCUT2D eigenvalue weighted by atomic mass is 16.2. The largest absolute Gasteiger partial charge is 0.348 e. The van der Waals surface area contributed by atoms with E-state index in [1.165, 1.54) is 9.80 Å². The standard InChI is InChI=1S/C44H54N10O5/c1-25(2)36(41(57)47-29(7)30-13-10-9-11-14-30)49-40(56)34-15-12-20-53(34)42(58)37(26(3)4)50-39(55)31-18-16-27(5)35(21-31)54-24-32-22-46-43(51-38(32)52(8)44(54)59)48-33-19-17-28(6)45-23-33/h9-11,13-14,16-19,21-23,25-26,29,34,36-37H,12,15,20,24H2,1-8H3,(H,47,57)(H,49,56)(H,50,55)(H,46,48,51)/t29?,34-,36?,37?/m1/s1. The summed E-state index contributed by atoms with van der Waals surface area (Å²) in [6.45, 7) is 13.6. The molecule has 2 aliphatic heterocycles. The van der Waals surface area contributed by atoms with Gasteiger partial charge in [0.2, 0.25) is 23.7 Å². The highest BCUT2D eigenvalue weighted by Crippen LogP contribution is 2.33. The van der Waals surface area contributed by atoms with Crippen molar-refractivity contribution in [3.05, 3.63) is 101 Å². The molecule has 6 rings (SSSR count). The van der Waals surface area contributed by atoms with Crippen LogP contribution in [0.2, 0.25) is 0 Å². The number of carbonyl (C=O) groups is 5. The summed E-state index contributed by atoms with van der Waals surface area (Å²) in [7, 11) is 1.64. The Hall–Kier alpha value is -6.38. The highest BCUT2D eigenvalue weighted by molar-refractivity contribution is 6.07. The minimum Gasteiger partial charge on any atom is -0.348 e. The fourth-order valence-corrected chi connectivity index (χ4v) is 7.40. The van der Waals surface area contributed by atoms with Gasteiger partial charge >= 0.3 is 6.03 Å². The van der Waals surface area contributed by atoms with Crippen molar-refractivity contribution >= 4 is 52.8 Å². The molecule has 1 fully saturated rings. The van der Waals surface area contributed by atoms with Gasteiger partial charge in [0.15, 0.2) is 0 Å². The van der Waals surface area contributed by atoms with Gasteiger partial charge in [-0.3, -0.25) is 34.0 Å². The summed E-state index contributed by atoms with van der Waals surface area (Å²) < 4.78 is 0. The second kappa shape index (κ2) is 18.0. The van der Waals surface area contributed by atoms with Crippen LogP contribution in [0.25, 0.3) is 0 Å². The monoisotopic (exact) mass is 802 g/mol. The quantitative estimate of drug-likeness (QED) is 0.134. The first-order valence-corrected chi connectivity index (χ1v) is 20.1. The van der Waals surface area contributed by atoms with Crippen LogP contribution in [0.1, 0.15) is 86.2 Å². The lowest BCUT2D eigenvalue weighted by Gasteiger charge is -2.35. The van der Waals surface area contributed by atoms with Gasteiger partial charge in [-0.15, -0.1) is 0 Å². The Balaban J connectivity index is 1.13. The molecule has 0 saturated carbocycles. The lowest BCUT2D eigenvalue weighted by molar-refractivity contribution is -0.141. The fraction of sp³-hybridized carbons (Fsp3) is 0.409. The molecule has 4 atom stereocenters. The van der Waals surface area contributed by atoms with Crippen molar-refractivity contribution in [3.63, 3.8) is 0 Å². The number of aryl methyl sites for hydroxylation is 2. The van der Waals surface area contributed by atoms with Gasteiger partial charge in [-0.1, -0.05) is 64.1 Å². The van der Waals surface area contributed by atoms with E-state index in [2.05, 4.69) is 36.2 Å². The molecule has 4 N–H and O–H groups in total. The van der Waals surface area contributed by atoms with Crippen molar-refractivity contribution in [1.29, 1.82) is 0 Å². The van der Waals surface area contributed by atoms with Crippen molar-refractivity contribution in [2.45, 2.75) is 92.0 Å². The zero-order valence-electron chi connectivity index (χ0n) is 34.9. The lowest BCUT2D eigenvalue weighted by atomic mass is 10.00. The van der Waals surface area contributed by atoms with Gasteiger partial charge in [-0.2, -0.15) is 4.98 Å². The molecular weight excluding hydrogens is 749 g/mol. The summed E-state index contributed by atoms with van der Waals surface area (Å²) in [4.78, 5) is 87.1. The molecule has 2 aromatic carbocycles. The number of urea groups is 1. The number of benzene rings is 2. The third kappa shape index (κ3) is 9.51. The molecule has 15 heteroatoms. The molecule has 59 heavy (non-hydrogen) atoms. The van der Waals surface area contributed by atoms with Crippen LogP contribution in [0.4, 0.5) is 27.9 Å². The molecule has 4 aromatic rings. The van der Waals surface area contributed by atoms with E-state index in [1.54, 1.807) is 42.5 Å². The number of amides is 6. The van der Waals surface area contributed by atoms with Crippen LogP contribution in [-0.4, -0.2) is 81.2 Å². The third-order valence-electron chi connectivity index (χ3n) is 10.9. The Morgan fingerprint density at radius 2 is 1.56 bits per heavy atom. The average molecular weight is 803 g/mol. The van der Waals surface area contributed by atoms with Crippen LogP contribution >= 0.6 is 0 Å². The van der Waals surface area contributed by atoms with Gasteiger partial charge in [0.05, 0.1) is 24.5 Å². The zero-order chi connectivity index (χ0) is 42.5. The molecule has 0 radical (unpaired) electrons. The van der Waals surface area contributed by atoms with Gasteiger partial charge in [-0.25, -0.2) is 9.78 Å². The number of likely N-dealkylation sites (tertiary alicyclic amines) is 1. The maximum Gasteiger partial charge on any atom is 0.330 e. The molecule has 2 aromatic heterocycles. The van der Waals surface area contributed by atoms with Gasteiger partial charge in [0.25, 0.3) is 5.91 Å². The topological polar surface area (TPSA) is 182 Å². The zero-order valence-corrected chi connectivity index (χ0v) is 34.9. The van der Waals surface area contributed by atoms with Crippen LogP contribution in [0, 0.1) is 25.7 Å². The van der Waals surface area contributed by atoms with E-state index in [-0.39, 0.29) is 47.8 Å². The summed E-state index contributed by atoms with van der Waals surface area (Å²) >= 11 is 0. The number of rotatable bonds is 13. The number of nitrogens with one attached hydrogen (secondary N) is 4. The Bertz CT molecular complexity index is 2200. The number of fused-ring (bicyclic) bond motifs is 1. The Kier molecular flexibility index (Phi) is 12.9. The molecule has 0 bridgehead atoms. The fourth-order valence-electron chi connectivity index (χ4n) is 7.40. The van der Waals surface area contributed by atoms with Crippen molar-refractivity contribution in [1.82, 2.24) is 35.8 Å². The predicted octanol–water partition coefficient (Wildman–Crippen LogP) is 5.57. The Labute approximate surface area is 345 Å². The minimum atomic E-state index is -0.943. The highest BCUT2D eigenvalue weighted by Gasteiger charge is 2.40. The second-order valence-corrected chi connectivity index (χ2v) is 16.0. The number of nitrogens with zero attached hydrogens (tertiary/aromatic N) is 6. The number of pyridine rings is 1. The van der Waals surface area contributed by atoms with Crippen molar-refractivity contribution < 1.29 is 24.0 Å². The van der Waals surface area contributed by atoms with Crippen molar-refractivity contribution in [3.8, 4) is 0 Å². The van der Waals surface area contributed by atoms with Crippen LogP contribution in [0.3, 0.4) is 0 Å². The third-order valence-corrected chi connectivity index (χ3v) is 10.9. The summed E-state index contributed by atoms with van der Waals surface area (Å²) in [5.74, 6) is -1.33. The normalized spacial score (nSPS) is 16.7. The first-order valence-electron chi connectivity index (χ1n) is 20.1. The van der Waals surface area contributed by atoms with E-state index in [1.807, 2.05) is 90.9 Å². The van der Waals surface area contributed by atoms with Crippen LogP contribution in [-0.2, 0) is 20.9 Å². The van der Waals surface area contributed by atoms with Crippen LogP contribution in [0.5, 0.6) is 0 Å². The molecule has 2 aliphatic rings. The van der Waals surface area contributed by atoms with Crippen molar-refractivity contribution in [2.24, 2.45) is 11.8 Å². The molecule has 3 unspecified atom stereocenters. The van der Waals surface area contributed by atoms with E-state index in [4.69, 9.17) is 0 Å². The summed E-state index contributed by atoms with van der Waals surface area (Å²) in [5.41, 5.74) is 4.81. The number of hydrogen-bond donors (Lipinski definition) is 4. The molecule has 4 heterocycles. The number of carbonyl (C=O) groups excluding carboxylic acids is 5. The van der Waals surface area contributed by atoms with Crippen molar-refractivity contribution in [2.75, 3.05) is 28.7 Å². The first-order chi connectivity index (χ1) is 28.1. The van der Waals surface area contributed by atoms with E-state index in [9.17, 15) is 24.0 Å². The average Bonchev–Trinajstić information content (AvgIpc) is 3.72. The lowest BCUT2D eigenvalue weighted by Crippen LogP contribution is -2.58. The maximum absolute atomic E-state index is 14.2. The van der Waals surface area contributed by atoms with Gasteiger partial charge < -0.3 is 26.2 Å². The van der Waals surface area contributed by atoms with E-state index in [0.29, 0.717) is 48.1 Å². The number of anilines is 4. The van der Waals surface area contributed by atoms with Crippen LogP contribution in [0.15, 0.2) is 73.1 Å². The first kappa shape index (κ1) is 42.2. The molecule has 15 nitrogen and oxygen atoms in total. The molecule has 310 valence electrons. The Morgan fingerprint density at radius 3 is 2.24 bits per heavy atom. The minimum absolute atomic E-state index is 0.174. The molecule has 6 amide bonds. The number of hydrogen-bond acceptors (Lipinski definition) is 9. The Morgan fingerprint density at radius 1 is 0.831 bits per heavy atom. The van der Waals surface area contributed by atoms with Gasteiger partial charge in [0, 0.05) is 42.3 Å². The summed E-state index contributed by atoms with van der Waals surface area (Å²) in [6, 6.07) is 15.2. The van der Waals surface area contributed by atoms with Gasteiger partial charge in [-0.05, 0) is 80.8 Å². The maximum atomic E-state index is 14.2. The predicted molar refractivity (Wildman–Crippen MR) is 226 cm³/mol. The molecular formula is C44H54N10O5. The van der Waals surface area contributed by atoms with Gasteiger partial charge in [0.1, 0.15) is 23.9 Å². The molecule has 1 saturated heterocycles. The smallest absolute Gasteiger partial charge is 0.330 e. The second-order valence-electron chi connectivity index (χ2n) is 16.0. The van der Waals surface area contributed by atoms with E-state index >= 15 is 0 Å². The van der Waals surface area contributed by atoms with Crippen LogP contribution < -0.4 is 31.1 Å². The van der Waals surface area contributed by atoms with E-state index < -0.39 is 29.9 Å². The molecule has 0 aliphatic carbocycles. The SMILES string of the molecule is Cc1ccc(Nc2ncc3c(n2)N(C)C(=O)N(c2cc(C(=O)NC(C(=O)N4CCC[C@@H]4C(=O)NC(C(=O)NC(C)c4ccccc4)C(C)C)C(C)C)ccc2C)C3)cn1. The molecule has 0 spiro atoms. The number of aromatic nitrogens is 3. The van der Waals surface area contributed by atoms with E-state index in [0.717, 1.165) is 16.8 Å². The summed E-state index contributed by atoms with van der Waals surface area (Å²) in [5, 5.41) is 12.0. The summed E-state index contributed by atoms with van der Waals surface area (Å²) in [6.07, 6.45) is 4.38.